The Kier molecular flexibility index (Phi) is 5.34. The van der Waals surface area contributed by atoms with Crippen molar-refractivity contribution in [3.8, 4) is 0 Å². The Balaban J connectivity index is 1.53. The van der Waals surface area contributed by atoms with Crippen LogP contribution in [0.15, 0.2) is 0 Å². The number of nitrogens with zero attached hydrogens (tertiary/aromatic N) is 4. The summed E-state index contributed by atoms with van der Waals surface area (Å²) in [5.41, 5.74) is 8.16. The van der Waals surface area contributed by atoms with Crippen LogP contribution in [0.3, 0.4) is 0 Å². The highest BCUT2D eigenvalue weighted by molar-refractivity contribution is 5.68. The third kappa shape index (κ3) is 4.14. The Labute approximate surface area is 174 Å². The van der Waals surface area contributed by atoms with Gasteiger partial charge in [-0.2, -0.15) is 4.98 Å². The molecule has 1 saturated heterocycles. The minimum Gasteiger partial charge on any atom is -0.444 e. The number of hydrogen-bond donors (Lipinski definition) is 1. The number of nitrogen functional groups attached to an aromatic ring is 1. The van der Waals surface area contributed by atoms with E-state index in [0.717, 1.165) is 37.7 Å². The first-order chi connectivity index (χ1) is 13.7. The molecule has 3 atom stereocenters. The van der Waals surface area contributed by atoms with E-state index in [1.54, 1.807) is 4.90 Å². The number of carbonyl (C=O) groups is 1. The van der Waals surface area contributed by atoms with Gasteiger partial charge in [-0.1, -0.05) is 12.8 Å². The molecule has 1 saturated carbocycles. The van der Waals surface area contributed by atoms with Gasteiger partial charge in [0.2, 0.25) is 5.95 Å². The second-order valence-corrected chi connectivity index (χ2v) is 9.94. The van der Waals surface area contributed by atoms with Crippen LogP contribution in [-0.2, 0) is 11.2 Å². The van der Waals surface area contributed by atoms with Crippen molar-refractivity contribution in [2.45, 2.75) is 83.3 Å². The van der Waals surface area contributed by atoms with Crippen molar-refractivity contribution >= 4 is 17.9 Å². The zero-order valence-electron chi connectivity index (χ0n) is 18.3. The summed E-state index contributed by atoms with van der Waals surface area (Å²) < 4.78 is 5.54. The van der Waals surface area contributed by atoms with Crippen LogP contribution in [0, 0.1) is 5.92 Å². The normalized spacial score (nSPS) is 26.6. The van der Waals surface area contributed by atoms with Gasteiger partial charge >= 0.3 is 6.09 Å². The number of fused-ring (bicyclic) bond motifs is 3. The molecular weight excluding hydrogens is 366 g/mol. The maximum absolute atomic E-state index is 12.5. The maximum Gasteiger partial charge on any atom is 0.410 e. The van der Waals surface area contributed by atoms with Crippen LogP contribution in [0.4, 0.5) is 16.6 Å². The van der Waals surface area contributed by atoms with Gasteiger partial charge in [0.15, 0.2) is 0 Å². The predicted molar refractivity (Wildman–Crippen MR) is 114 cm³/mol. The van der Waals surface area contributed by atoms with Crippen LogP contribution in [-0.4, -0.2) is 52.7 Å². The fraction of sp³-hybridized carbons (Fsp3) is 0.773. The van der Waals surface area contributed by atoms with Gasteiger partial charge in [-0.05, 0) is 58.8 Å². The third-order valence-corrected chi connectivity index (χ3v) is 6.75. The van der Waals surface area contributed by atoms with E-state index in [2.05, 4.69) is 9.88 Å². The van der Waals surface area contributed by atoms with Crippen LogP contribution >= 0.6 is 0 Å². The van der Waals surface area contributed by atoms with Gasteiger partial charge in [0.1, 0.15) is 11.4 Å². The van der Waals surface area contributed by atoms with Gasteiger partial charge in [0.05, 0.1) is 11.7 Å². The molecule has 1 aliphatic heterocycles. The molecule has 2 heterocycles. The maximum atomic E-state index is 12.5. The highest BCUT2D eigenvalue weighted by atomic mass is 16.6. The molecule has 3 aliphatic rings. The minimum atomic E-state index is -0.486. The van der Waals surface area contributed by atoms with Gasteiger partial charge < -0.3 is 20.3 Å². The lowest BCUT2D eigenvalue weighted by molar-refractivity contribution is 0.0238. The molecule has 0 spiro atoms. The summed E-state index contributed by atoms with van der Waals surface area (Å²) in [4.78, 5) is 25.9. The Morgan fingerprint density at radius 3 is 2.69 bits per heavy atom. The molecule has 0 unspecified atom stereocenters. The Bertz CT molecular complexity index is 775. The molecule has 0 radical (unpaired) electrons. The van der Waals surface area contributed by atoms with Crippen molar-refractivity contribution in [1.82, 2.24) is 14.9 Å². The fourth-order valence-electron chi connectivity index (χ4n) is 5.29. The second-order valence-electron chi connectivity index (χ2n) is 9.94. The Morgan fingerprint density at radius 2 is 1.93 bits per heavy atom. The summed E-state index contributed by atoms with van der Waals surface area (Å²) in [6, 6.07) is 0.114. The molecule has 4 rings (SSSR count). The van der Waals surface area contributed by atoms with Gasteiger partial charge in [-0.3, -0.25) is 0 Å². The van der Waals surface area contributed by atoms with Gasteiger partial charge in [-0.15, -0.1) is 0 Å². The quantitative estimate of drug-likeness (QED) is 0.813. The first kappa shape index (κ1) is 20.2. The first-order valence-electron chi connectivity index (χ1n) is 11.1. The van der Waals surface area contributed by atoms with Crippen LogP contribution in [0.5, 0.6) is 0 Å². The van der Waals surface area contributed by atoms with Crippen molar-refractivity contribution in [3.63, 3.8) is 0 Å². The number of likely N-dealkylation sites (N-methyl/N-ethyl adjacent to an activating group) is 1. The van der Waals surface area contributed by atoms with E-state index in [1.165, 1.54) is 43.4 Å². The molecule has 1 aromatic rings. The number of carbonyl (C=O) groups excluding carboxylic acids is 1. The first-order valence-corrected chi connectivity index (χ1v) is 11.1. The van der Waals surface area contributed by atoms with E-state index in [-0.39, 0.29) is 12.1 Å². The molecule has 7 heteroatoms. The lowest BCUT2D eigenvalue weighted by atomic mass is 9.70. The largest absolute Gasteiger partial charge is 0.444 e. The Hall–Kier alpha value is -2.05. The number of rotatable bonds is 2. The van der Waals surface area contributed by atoms with Crippen LogP contribution in [0.25, 0.3) is 0 Å². The summed E-state index contributed by atoms with van der Waals surface area (Å²) in [6.45, 7) is 7.32. The number of ether oxygens (including phenoxy) is 1. The number of nitrogens with two attached hydrogens (primary N) is 1. The molecule has 0 bridgehead atoms. The lowest BCUT2D eigenvalue weighted by Crippen LogP contribution is -2.42. The highest BCUT2D eigenvalue weighted by Gasteiger charge is 2.37. The minimum absolute atomic E-state index is 0.114. The van der Waals surface area contributed by atoms with E-state index < -0.39 is 5.60 Å². The fourth-order valence-corrected chi connectivity index (χ4v) is 5.29. The molecule has 29 heavy (non-hydrogen) atoms. The monoisotopic (exact) mass is 401 g/mol. The molecule has 2 N–H and O–H groups in total. The van der Waals surface area contributed by atoms with Gasteiger partial charge in [0.25, 0.3) is 0 Å². The number of anilines is 2. The molecule has 2 fully saturated rings. The average molecular weight is 402 g/mol. The SMILES string of the molecule is CN(C(=O)OC(C)(C)C)[C@@H]1CCN(c2nc(N)nc3c2CC[C@@H]2CCCC[C@@H]32)C1. The summed E-state index contributed by atoms with van der Waals surface area (Å²) >= 11 is 0. The lowest BCUT2D eigenvalue weighted by Gasteiger charge is -2.37. The van der Waals surface area contributed by atoms with Gasteiger partial charge in [-0.25, -0.2) is 9.78 Å². The van der Waals surface area contributed by atoms with Crippen molar-refractivity contribution < 1.29 is 9.53 Å². The summed E-state index contributed by atoms with van der Waals surface area (Å²) in [5.74, 6) is 2.67. The van der Waals surface area contributed by atoms with Crippen LogP contribution in [0.2, 0.25) is 0 Å². The predicted octanol–water partition coefficient (Wildman–Crippen LogP) is 3.72. The van der Waals surface area contributed by atoms with Crippen LogP contribution in [0.1, 0.15) is 76.5 Å². The molecule has 7 nitrogen and oxygen atoms in total. The standard InChI is InChI=1S/C22H35N5O2/c1-22(2,3)29-21(28)26(4)15-11-12-27(13-15)19-17-10-9-14-7-5-6-8-16(14)18(17)24-20(23)25-19/h14-16H,5-13H2,1-4H3,(H2,23,24,25)/t14-,15+,16+/m0/s1. The zero-order valence-corrected chi connectivity index (χ0v) is 18.3. The molecular formula is C22H35N5O2. The molecule has 1 aromatic heterocycles. The number of amides is 1. The van der Waals surface area contributed by atoms with E-state index in [4.69, 9.17) is 15.5 Å². The summed E-state index contributed by atoms with van der Waals surface area (Å²) in [7, 11) is 1.83. The van der Waals surface area contributed by atoms with E-state index >= 15 is 0 Å². The summed E-state index contributed by atoms with van der Waals surface area (Å²) in [5, 5.41) is 0. The third-order valence-electron chi connectivity index (χ3n) is 6.75. The highest BCUT2D eigenvalue weighted by Crippen LogP contribution is 2.46. The molecule has 1 amide bonds. The van der Waals surface area contributed by atoms with E-state index in [9.17, 15) is 4.79 Å². The topological polar surface area (TPSA) is 84.6 Å². The Morgan fingerprint density at radius 1 is 1.17 bits per heavy atom. The van der Waals surface area contributed by atoms with Crippen molar-refractivity contribution in [2.24, 2.45) is 5.92 Å². The number of hydrogen-bond acceptors (Lipinski definition) is 6. The molecule has 2 aliphatic carbocycles. The van der Waals surface area contributed by atoms with E-state index in [1.807, 2.05) is 27.8 Å². The van der Waals surface area contributed by atoms with Crippen molar-refractivity contribution in [1.29, 1.82) is 0 Å². The smallest absolute Gasteiger partial charge is 0.410 e. The molecule has 160 valence electrons. The zero-order chi connectivity index (χ0) is 20.8. The number of aromatic nitrogens is 2. The van der Waals surface area contributed by atoms with Gasteiger partial charge in [0, 0.05) is 31.6 Å². The van der Waals surface area contributed by atoms with Crippen molar-refractivity contribution in [2.75, 3.05) is 30.8 Å². The van der Waals surface area contributed by atoms with Crippen molar-refractivity contribution in [3.05, 3.63) is 11.3 Å². The molecule has 0 aromatic carbocycles. The second kappa shape index (κ2) is 7.65. The van der Waals surface area contributed by atoms with Crippen LogP contribution < -0.4 is 10.6 Å². The average Bonchev–Trinajstić information content (AvgIpc) is 3.15. The summed E-state index contributed by atoms with van der Waals surface area (Å²) in [6.07, 6.45) is 8.07. The van der Waals surface area contributed by atoms with E-state index in [0.29, 0.717) is 11.9 Å².